The lowest BCUT2D eigenvalue weighted by atomic mass is 10.2. The first-order valence-corrected chi connectivity index (χ1v) is 12.1. The summed E-state index contributed by atoms with van der Waals surface area (Å²) in [7, 11) is -3.52. The van der Waals surface area contributed by atoms with Gasteiger partial charge in [-0.1, -0.05) is 34.1 Å². The molecule has 6 nitrogen and oxygen atoms in total. The molecule has 0 aliphatic carbocycles. The lowest BCUT2D eigenvalue weighted by Crippen LogP contribution is -2.40. The van der Waals surface area contributed by atoms with Crippen molar-refractivity contribution >= 4 is 49.3 Å². The molecule has 0 atom stereocenters. The van der Waals surface area contributed by atoms with Crippen molar-refractivity contribution in [1.82, 2.24) is 4.31 Å². The molecule has 150 valence electrons. The Labute approximate surface area is 177 Å². The number of carbonyl (C=O) groups is 1. The Bertz CT molecular complexity index is 914. The van der Waals surface area contributed by atoms with Crippen molar-refractivity contribution in [2.24, 2.45) is 0 Å². The molecular formula is C19H21BrN2O4S2. The predicted molar refractivity (Wildman–Crippen MR) is 115 cm³/mol. The van der Waals surface area contributed by atoms with E-state index in [2.05, 4.69) is 21.2 Å². The van der Waals surface area contributed by atoms with Gasteiger partial charge >= 0.3 is 0 Å². The second kappa shape index (κ2) is 9.89. The molecule has 9 heteroatoms. The molecule has 0 aromatic heterocycles. The number of nitrogens with zero attached hydrogens (tertiary/aromatic N) is 1. The quantitative estimate of drug-likeness (QED) is 0.651. The molecule has 1 fully saturated rings. The molecule has 1 amide bonds. The van der Waals surface area contributed by atoms with Crippen LogP contribution in [0.1, 0.15) is 5.56 Å². The summed E-state index contributed by atoms with van der Waals surface area (Å²) < 4.78 is 32.8. The average Bonchev–Trinajstić information content (AvgIpc) is 2.70. The fourth-order valence-electron chi connectivity index (χ4n) is 2.71. The zero-order valence-corrected chi connectivity index (χ0v) is 18.4. The first kappa shape index (κ1) is 21.3. The van der Waals surface area contributed by atoms with E-state index in [0.717, 1.165) is 15.8 Å². The highest BCUT2D eigenvalue weighted by atomic mass is 79.9. The van der Waals surface area contributed by atoms with Crippen molar-refractivity contribution in [2.45, 2.75) is 10.6 Å². The zero-order valence-electron chi connectivity index (χ0n) is 15.1. The summed E-state index contributed by atoms with van der Waals surface area (Å²) in [5, 5.41) is 2.80. The van der Waals surface area contributed by atoms with Crippen molar-refractivity contribution in [3.05, 3.63) is 58.6 Å². The number of hydrogen-bond donors (Lipinski definition) is 1. The third kappa shape index (κ3) is 5.57. The maximum atomic E-state index is 12.6. The van der Waals surface area contributed by atoms with Gasteiger partial charge in [0.05, 0.1) is 23.9 Å². The average molecular weight is 485 g/mol. The number of sulfonamides is 1. The van der Waals surface area contributed by atoms with Gasteiger partial charge < -0.3 is 10.1 Å². The number of rotatable bonds is 7. The van der Waals surface area contributed by atoms with E-state index in [1.54, 1.807) is 12.1 Å². The van der Waals surface area contributed by atoms with Crippen LogP contribution in [-0.4, -0.2) is 50.7 Å². The molecule has 3 rings (SSSR count). The van der Waals surface area contributed by atoms with Gasteiger partial charge in [-0.2, -0.15) is 4.31 Å². The molecule has 0 radical (unpaired) electrons. The minimum absolute atomic E-state index is 0.124. The summed E-state index contributed by atoms with van der Waals surface area (Å²) in [6.07, 6.45) is 0. The molecule has 28 heavy (non-hydrogen) atoms. The number of amides is 1. The molecule has 0 spiro atoms. The Morgan fingerprint density at radius 3 is 2.46 bits per heavy atom. The van der Waals surface area contributed by atoms with Gasteiger partial charge in [0.2, 0.25) is 15.9 Å². The summed E-state index contributed by atoms with van der Waals surface area (Å²) in [6.45, 7) is 1.53. The molecular weight excluding hydrogens is 464 g/mol. The van der Waals surface area contributed by atoms with Crippen molar-refractivity contribution in [2.75, 3.05) is 37.4 Å². The minimum Gasteiger partial charge on any atom is -0.379 e. The third-order valence-electron chi connectivity index (χ3n) is 4.19. The Balaban J connectivity index is 1.52. The lowest BCUT2D eigenvalue weighted by molar-refractivity contribution is -0.113. The summed E-state index contributed by atoms with van der Waals surface area (Å²) >= 11 is 5.01. The maximum Gasteiger partial charge on any atom is 0.243 e. The number of nitrogens with one attached hydrogen (secondary N) is 1. The Hall–Kier alpha value is -1.39. The predicted octanol–water partition coefficient (Wildman–Crippen LogP) is 3.34. The second-order valence-electron chi connectivity index (χ2n) is 6.17. The lowest BCUT2D eigenvalue weighted by Gasteiger charge is -2.26. The van der Waals surface area contributed by atoms with Crippen LogP contribution in [0.25, 0.3) is 0 Å². The molecule has 1 aliphatic rings. The topological polar surface area (TPSA) is 75.7 Å². The van der Waals surface area contributed by atoms with Crippen LogP contribution in [0.4, 0.5) is 5.69 Å². The zero-order chi connectivity index (χ0) is 20.0. The van der Waals surface area contributed by atoms with Crippen molar-refractivity contribution in [1.29, 1.82) is 0 Å². The summed E-state index contributed by atoms with van der Waals surface area (Å²) in [5.74, 6) is 0.918. The van der Waals surface area contributed by atoms with Crippen molar-refractivity contribution in [3.63, 3.8) is 0 Å². The van der Waals surface area contributed by atoms with Crippen LogP contribution >= 0.6 is 27.7 Å². The standard InChI is InChI=1S/C19H21BrN2O4S2/c20-18-4-2-1-3-15(18)13-27-14-19(23)21-16-5-7-17(8-6-16)28(24,25)22-9-11-26-12-10-22/h1-8H,9-14H2,(H,21,23). The Morgan fingerprint density at radius 2 is 1.79 bits per heavy atom. The van der Waals surface area contributed by atoms with E-state index >= 15 is 0 Å². The highest BCUT2D eigenvalue weighted by molar-refractivity contribution is 9.10. The SMILES string of the molecule is O=C(CSCc1ccccc1Br)Nc1ccc(S(=O)(=O)N2CCOCC2)cc1. The Kier molecular flexibility index (Phi) is 7.53. The number of benzene rings is 2. The molecule has 1 N–H and O–H groups in total. The van der Waals surface area contributed by atoms with E-state index in [1.165, 1.54) is 28.2 Å². The molecule has 0 saturated carbocycles. The summed E-state index contributed by atoms with van der Waals surface area (Å²) in [4.78, 5) is 12.4. The summed E-state index contributed by atoms with van der Waals surface area (Å²) in [5.41, 5.74) is 1.71. The van der Waals surface area contributed by atoms with Gasteiger partial charge in [0, 0.05) is 29.0 Å². The van der Waals surface area contributed by atoms with Crippen LogP contribution in [-0.2, 0) is 25.3 Å². The van der Waals surface area contributed by atoms with E-state index in [1.807, 2.05) is 24.3 Å². The van der Waals surface area contributed by atoms with Gasteiger partial charge in [0.15, 0.2) is 0 Å². The van der Waals surface area contributed by atoms with Gasteiger partial charge in [-0.25, -0.2) is 8.42 Å². The number of ether oxygens (including phenoxy) is 1. The van der Waals surface area contributed by atoms with Gasteiger partial charge in [0.25, 0.3) is 0 Å². The van der Waals surface area contributed by atoms with Gasteiger partial charge in [-0.3, -0.25) is 4.79 Å². The number of thioether (sulfide) groups is 1. The smallest absolute Gasteiger partial charge is 0.243 e. The number of halogens is 1. The Morgan fingerprint density at radius 1 is 1.11 bits per heavy atom. The van der Waals surface area contributed by atoms with Crippen LogP contribution < -0.4 is 5.32 Å². The summed E-state index contributed by atoms with van der Waals surface area (Å²) in [6, 6.07) is 14.2. The first-order chi connectivity index (χ1) is 13.5. The molecule has 0 bridgehead atoms. The number of hydrogen-bond acceptors (Lipinski definition) is 5. The molecule has 1 saturated heterocycles. The number of anilines is 1. The molecule has 2 aromatic rings. The van der Waals surface area contributed by atoms with E-state index < -0.39 is 10.0 Å². The van der Waals surface area contributed by atoms with E-state index in [9.17, 15) is 13.2 Å². The van der Waals surface area contributed by atoms with Crippen molar-refractivity contribution in [3.8, 4) is 0 Å². The first-order valence-electron chi connectivity index (χ1n) is 8.76. The highest BCUT2D eigenvalue weighted by Gasteiger charge is 2.26. The van der Waals surface area contributed by atoms with Crippen LogP contribution in [0.2, 0.25) is 0 Å². The monoisotopic (exact) mass is 484 g/mol. The fourth-order valence-corrected chi connectivity index (χ4v) is 5.56. The molecule has 0 unspecified atom stereocenters. The van der Waals surface area contributed by atoms with Crippen LogP contribution in [0, 0.1) is 0 Å². The third-order valence-corrected chi connectivity index (χ3v) is 7.86. The molecule has 2 aromatic carbocycles. The number of morpholine rings is 1. The number of carbonyl (C=O) groups excluding carboxylic acids is 1. The highest BCUT2D eigenvalue weighted by Crippen LogP contribution is 2.22. The van der Waals surface area contributed by atoms with Crippen LogP contribution in [0.3, 0.4) is 0 Å². The molecule has 1 aliphatic heterocycles. The van der Waals surface area contributed by atoms with Gasteiger partial charge in [0.1, 0.15) is 0 Å². The maximum absolute atomic E-state index is 12.6. The van der Waals surface area contributed by atoms with Crippen molar-refractivity contribution < 1.29 is 17.9 Å². The fraction of sp³-hybridized carbons (Fsp3) is 0.316. The largest absolute Gasteiger partial charge is 0.379 e. The van der Waals surface area contributed by atoms with Crippen LogP contribution in [0.15, 0.2) is 57.9 Å². The minimum atomic E-state index is -3.52. The van der Waals surface area contributed by atoms with Crippen LogP contribution in [0.5, 0.6) is 0 Å². The normalized spacial score (nSPS) is 15.3. The van der Waals surface area contributed by atoms with E-state index in [-0.39, 0.29) is 10.8 Å². The van der Waals surface area contributed by atoms with E-state index in [4.69, 9.17) is 4.74 Å². The van der Waals surface area contributed by atoms with E-state index in [0.29, 0.717) is 37.7 Å². The van der Waals surface area contributed by atoms with Gasteiger partial charge in [-0.05, 0) is 35.9 Å². The molecule has 1 heterocycles. The van der Waals surface area contributed by atoms with Gasteiger partial charge in [-0.15, -0.1) is 11.8 Å². The second-order valence-corrected chi connectivity index (χ2v) is 9.95.